The molecule has 0 bridgehead atoms. The number of aromatic nitrogens is 5. The van der Waals surface area contributed by atoms with Crippen molar-refractivity contribution in [3.05, 3.63) is 110 Å². The van der Waals surface area contributed by atoms with Gasteiger partial charge in [0.15, 0.2) is 0 Å². The summed E-state index contributed by atoms with van der Waals surface area (Å²) in [6, 6.07) is 22.3. The van der Waals surface area contributed by atoms with Gasteiger partial charge in [0.25, 0.3) is 11.3 Å². The minimum absolute atomic E-state index is 0.109. The average Bonchev–Trinajstić information content (AvgIpc) is 3.44. The first kappa shape index (κ1) is 18.1. The molecule has 0 unspecified atom stereocenters. The highest BCUT2D eigenvalue weighted by atomic mass is 32.1. The second-order valence-corrected chi connectivity index (χ2v) is 7.56. The van der Waals surface area contributed by atoms with Crippen LogP contribution < -0.4 is 5.56 Å². The number of ketones is 1. The molecular formula is C22H15N5O2S. The van der Waals surface area contributed by atoms with Crippen molar-refractivity contribution in [1.82, 2.24) is 24.4 Å². The smallest absolute Gasteiger partial charge is 0.284 e. The number of carbonyl (C=O) groups excluding carboxylic acids is 1. The van der Waals surface area contributed by atoms with E-state index in [1.165, 1.54) is 20.5 Å². The van der Waals surface area contributed by atoms with E-state index in [0.29, 0.717) is 17.0 Å². The lowest BCUT2D eigenvalue weighted by Crippen LogP contribution is -2.21. The van der Waals surface area contributed by atoms with Gasteiger partial charge in [0.2, 0.25) is 11.6 Å². The maximum Gasteiger partial charge on any atom is 0.296 e. The maximum absolute atomic E-state index is 13.1. The Morgan fingerprint density at radius 2 is 1.63 bits per heavy atom. The molecule has 0 N–H and O–H groups in total. The molecule has 0 fully saturated rings. The first-order valence-electron chi connectivity index (χ1n) is 9.27. The number of thiophene rings is 1. The van der Waals surface area contributed by atoms with Gasteiger partial charge in [0, 0.05) is 6.42 Å². The van der Waals surface area contributed by atoms with Crippen LogP contribution >= 0.6 is 11.3 Å². The average molecular weight is 413 g/mol. The number of benzene rings is 2. The Labute approximate surface area is 174 Å². The first-order chi connectivity index (χ1) is 14.7. The molecular weight excluding hydrogens is 398 g/mol. The minimum atomic E-state index is -0.439. The van der Waals surface area contributed by atoms with E-state index < -0.39 is 5.56 Å². The normalized spacial score (nSPS) is 11.1. The Kier molecular flexibility index (Phi) is 4.53. The summed E-state index contributed by atoms with van der Waals surface area (Å²) in [5.41, 5.74) is 1.44. The second-order valence-electron chi connectivity index (χ2n) is 6.62. The van der Waals surface area contributed by atoms with Gasteiger partial charge in [-0.3, -0.25) is 9.59 Å². The summed E-state index contributed by atoms with van der Waals surface area (Å²) in [7, 11) is 0. The van der Waals surface area contributed by atoms with Crippen LogP contribution in [-0.2, 0) is 6.42 Å². The molecule has 0 saturated carbocycles. The molecule has 3 heterocycles. The molecule has 0 aliphatic heterocycles. The fourth-order valence-electron chi connectivity index (χ4n) is 3.17. The molecule has 0 atom stereocenters. The summed E-state index contributed by atoms with van der Waals surface area (Å²) < 4.78 is 2.84. The van der Waals surface area contributed by atoms with Crippen LogP contribution in [0, 0.1) is 0 Å². The molecule has 0 aliphatic rings. The zero-order valence-electron chi connectivity index (χ0n) is 15.7. The lowest BCUT2D eigenvalue weighted by Gasteiger charge is -2.03. The van der Waals surface area contributed by atoms with Gasteiger partial charge in [-0.2, -0.15) is 19.3 Å². The van der Waals surface area contributed by atoms with Crippen LogP contribution in [0.15, 0.2) is 83.0 Å². The predicted octanol–water partition coefficient (Wildman–Crippen LogP) is 3.16. The molecule has 0 aliphatic carbocycles. The van der Waals surface area contributed by atoms with Gasteiger partial charge >= 0.3 is 0 Å². The van der Waals surface area contributed by atoms with Crippen molar-refractivity contribution in [3.8, 4) is 5.69 Å². The van der Waals surface area contributed by atoms with Crippen LogP contribution in [0.3, 0.4) is 0 Å². The Bertz CT molecular complexity index is 1390. The van der Waals surface area contributed by atoms with Gasteiger partial charge in [-0.25, -0.2) is 0 Å². The molecule has 8 heteroatoms. The number of carbonyl (C=O) groups is 1. The summed E-state index contributed by atoms with van der Waals surface area (Å²) in [5.74, 6) is 0.0364. The second kappa shape index (κ2) is 7.49. The summed E-state index contributed by atoms with van der Waals surface area (Å²) >= 11 is 1.33. The van der Waals surface area contributed by atoms with Gasteiger partial charge in [0.1, 0.15) is 5.69 Å². The number of para-hydroxylation sites is 1. The molecule has 5 aromatic rings. The van der Waals surface area contributed by atoms with Crippen LogP contribution in [0.5, 0.6) is 0 Å². The van der Waals surface area contributed by atoms with Gasteiger partial charge in [-0.05, 0) is 29.1 Å². The highest BCUT2D eigenvalue weighted by molar-refractivity contribution is 7.12. The highest BCUT2D eigenvalue weighted by Gasteiger charge is 2.23. The van der Waals surface area contributed by atoms with E-state index in [2.05, 4.69) is 15.2 Å². The third-order valence-electron chi connectivity index (χ3n) is 4.61. The quantitative estimate of drug-likeness (QED) is 0.414. The monoisotopic (exact) mass is 413 g/mol. The Morgan fingerprint density at radius 3 is 2.33 bits per heavy atom. The van der Waals surface area contributed by atoms with E-state index >= 15 is 0 Å². The number of hydrogen-bond donors (Lipinski definition) is 0. The van der Waals surface area contributed by atoms with Gasteiger partial charge in [-0.15, -0.1) is 16.4 Å². The van der Waals surface area contributed by atoms with E-state index in [-0.39, 0.29) is 23.1 Å². The van der Waals surface area contributed by atoms with Crippen LogP contribution in [-0.4, -0.2) is 30.2 Å². The van der Waals surface area contributed by atoms with E-state index in [9.17, 15) is 9.59 Å². The zero-order valence-corrected chi connectivity index (χ0v) is 16.5. The van der Waals surface area contributed by atoms with E-state index in [1.54, 1.807) is 12.1 Å². The maximum atomic E-state index is 13.1. The molecule has 0 radical (unpaired) electrons. The molecule has 30 heavy (non-hydrogen) atoms. The third-order valence-corrected chi connectivity index (χ3v) is 5.48. The number of hydrogen-bond acceptors (Lipinski definition) is 6. The Hall–Kier alpha value is -3.91. The Morgan fingerprint density at radius 1 is 0.900 bits per heavy atom. The highest BCUT2D eigenvalue weighted by Crippen LogP contribution is 2.17. The van der Waals surface area contributed by atoms with Crippen molar-refractivity contribution in [2.45, 2.75) is 6.42 Å². The molecule has 5 rings (SSSR count). The predicted molar refractivity (Wildman–Crippen MR) is 113 cm³/mol. The van der Waals surface area contributed by atoms with Gasteiger partial charge in [0.05, 0.1) is 10.6 Å². The largest absolute Gasteiger partial charge is 0.296 e. The topological polar surface area (TPSA) is 82.1 Å². The number of fused-ring (bicyclic) bond motifs is 1. The Balaban J connectivity index is 1.72. The van der Waals surface area contributed by atoms with E-state index in [0.717, 1.165) is 5.56 Å². The first-order valence-corrected chi connectivity index (χ1v) is 10.2. The zero-order chi connectivity index (χ0) is 20.5. The van der Waals surface area contributed by atoms with Crippen LogP contribution in [0.25, 0.3) is 11.5 Å². The van der Waals surface area contributed by atoms with E-state index in [4.69, 9.17) is 0 Å². The summed E-state index contributed by atoms with van der Waals surface area (Å²) in [4.78, 5) is 30.6. The van der Waals surface area contributed by atoms with Crippen LogP contribution in [0.4, 0.5) is 0 Å². The van der Waals surface area contributed by atoms with Crippen LogP contribution in [0.2, 0.25) is 0 Å². The fourth-order valence-corrected chi connectivity index (χ4v) is 3.83. The van der Waals surface area contributed by atoms with Crippen molar-refractivity contribution in [3.63, 3.8) is 0 Å². The van der Waals surface area contributed by atoms with Crippen molar-refractivity contribution in [2.24, 2.45) is 0 Å². The van der Waals surface area contributed by atoms with Crippen molar-refractivity contribution >= 4 is 22.9 Å². The molecule has 7 nitrogen and oxygen atoms in total. The van der Waals surface area contributed by atoms with E-state index in [1.807, 2.05) is 66.0 Å². The number of rotatable bonds is 5. The lowest BCUT2D eigenvalue weighted by atomic mass is 10.1. The fraction of sp³-hybridized carbons (Fsp3) is 0.0455. The molecule has 0 amide bonds. The van der Waals surface area contributed by atoms with Gasteiger partial charge in [-0.1, -0.05) is 54.6 Å². The molecule has 146 valence electrons. The molecule has 3 aromatic heterocycles. The van der Waals surface area contributed by atoms with Crippen molar-refractivity contribution in [2.75, 3.05) is 0 Å². The summed E-state index contributed by atoms with van der Waals surface area (Å²) in [5, 5.41) is 10.8. The summed E-state index contributed by atoms with van der Waals surface area (Å²) in [6.07, 6.45) is 0.318. The van der Waals surface area contributed by atoms with Crippen molar-refractivity contribution < 1.29 is 4.79 Å². The molecule has 0 spiro atoms. The number of nitrogens with zero attached hydrogens (tertiary/aromatic N) is 5. The van der Waals surface area contributed by atoms with Gasteiger partial charge < -0.3 is 0 Å². The minimum Gasteiger partial charge on any atom is -0.284 e. The van der Waals surface area contributed by atoms with Crippen LogP contribution in [0.1, 0.15) is 26.8 Å². The SMILES string of the molecule is O=C(c1cccs1)c1nn(-c2ccccc2)c2nc(=O)c(Cc3ccccc3)nn12. The molecule has 2 aromatic carbocycles. The summed E-state index contributed by atoms with van der Waals surface area (Å²) in [6.45, 7) is 0. The standard InChI is InChI=1S/C22H15N5O2S/c28-19(18-12-7-13-30-18)20-25-26(16-10-5-2-6-11-16)22-23-21(29)17(24-27(20)22)14-15-8-3-1-4-9-15/h1-13H,14H2. The third kappa shape index (κ3) is 3.23. The van der Waals surface area contributed by atoms with Crippen molar-refractivity contribution in [1.29, 1.82) is 0 Å². The molecule has 0 saturated heterocycles. The lowest BCUT2D eigenvalue weighted by molar-refractivity contribution is 0.103.